The first-order valence-electron chi connectivity index (χ1n) is 3.97. The summed E-state index contributed by atoms with van der Waals surface area (Å²) in [5, 5.41) is 24.0. The Balaban J connectivity index is 4.10. The number of hydrogen-bond donors (Lipinski definition) is 2. The van der Waals surface area contributed by atoms with Crippen molar-refractivity contribution in [2.75, 3.05) is 27.2 Å². The number of rotatable bonds is 5. The molecule has 10 heteroatoms. The molecule has 86 valence electrons. The fourth-order valence-corrected chi connectivity index (χ4v) is 0.809. The second kappa shape index (κ2) is 6.34. The number of nitro groups is 2. The SMILES string of the molecule is CN/C(=N\[N+](=O)[O-])N(C)CCN[N+](=O)[O-]. The van der Waals surface area contributed by atoms with Crippen LogP contribution in [-0.4, -0.2) is 48.1 Å². The van der Waals surface area contributed by atoms with Crippen LogP contribution in [0.25, 0.3) is 0 Å². The van der Waals surface area contributed by atoms with Crippen molar-refractivity contribution in [3.63, 3.8) is 0 Å². The average Bonchev–Trinajstić information content (AvgIpc) is 2.13. The van der Waals surface area contributed by atoms with Gasteiger partial charge in [-0.25, -0.2) is 20.2 Å². The molecule has 0 aliphatic heterocycles. The number of hydrazine groups is 1. The molecule has 0 heterocycles. The minimum Gasteiger partial charge on any atom is -0.354 e. The van der Waals surface area contributed by atoms with Crippen molar-refractivity contribution in [2.24, 2.45) is 5.10 Å². The summed E-state index contributed by atoms with van der Waals surface area (Å²) in [6.45, 7) is 0.274. The van der Waals surface area contributed by atoms with Gasteiger partial charge in [0.1, 0.15) is 5.10 Å². The zero-order valence-electron chi connectivity index (χ0n) is 8.34. The van der Waals surface area contributed by atoms with Crippen molar-refractivity contribution in [3.05, 3.63) is 20.2 Å². The standard InChI is InChI=1S/C5H12N6O4/c1-6-5(8-11(14)15)9(2)4-3-7-10(12)13/h7H,3-4H2,1-2H3,(H,6,8). The van der Waals surface area contributed by atoms with E-state index in [2.05, 4.69) is 10.4 Å². The first kappa shape index (κ1) is 12.9. The van der Waals surface area contributed by atoms with Crippen LogP contribution in [0.5, 0.6) is 0 Å². The van der Waals surface area contributed by atoms with Crippen molar-refractivity contribution in [3.8, 4) is 0 Å². The molecule has 2 N–H and O–H groups in total. The van der Waals surface area contributed by atoms with Gasteiger partial charge in [0.2, 0.25) is 0 Å². The summed E-state index contributed by atoms with van der Waals surface area (Å²) >= 11 is 0. The van der Waals surface area contributed by atoms with Crippen molar-refractivity contribution < 1.29 is 10.1 Å². The van der Waals surface area contributed by atoms with E-state index in [1.165, 1.54) is 19.0 Å². The van der Waals surface area contributed by atoms with E-state index in [1.807, 2.05) is 5.43 Å². The second-order valence-corrected chi connectivity index (χ2v) is 2.50. The van der Waals surface area contributed by atoms with E-state index in [9.17, 15) is 20.2 Å². The van der Waals surface area contributed by atoms with Gasteiger partial charge in [-0.05, 0) is 0 Å². The van der Waals surface area contributed by atoms with Crippen LogP contribution in [-0.2, 0) is 0 Å². The van der Waals surface area contributed by atoms with Crippen LogP contribution in [0.4, 0.5) is 0 Å². The molecule has 0 bridgehead atoms. The van der Waals surface area contributed by atoms with Gasteiger partial charge in [-0.1, -0.05) is 0 Å². The summed E-state index contributed by atoms with van der Waals surface area (Å²) < 4.78 is 0. The molecular formula is C5H12N6O4. The van der Waals surface area contributed by atoms with Gasteiger partial charge in [0.15, 0.2) is 10.1 Å². The van der Waals surface area contributed by atoms with E-state index in [4.69, 9.17) is 0 Å². The molecule has 0 fully saturated rings. The predicted molar refractivity (Wildman–Crippen MR) is 51.1 cm³/mol. The molecule has 0 spiro atoms. The fourth-order valence-electron chi connectivity index (χ4n) is 0.809. The van der Waals surface area contributed by atoms with E-state index in [0.29, 0.717) is 0 Å². The fraction of sp³-hybridized carbons (Fsp3) is 0.800. The third-order valence-corrected chi connectivity index (χ3v) is 1.45. The Hall–Kier alpha value is -2.13. The molecule has 10 nitrogen and oxygen atoms in total. The Morgan fingerprint density at radius 1 is 1.47 bits per heavy atom. The molecule has 0 aromatic rings. The highest BCUT2D eigenvalue weighted by atomic mass is 16.7. The summed E-state index contributed by atoms with van der Waals surface area (Å²) in [6, 6.07) is 0. The van der Waals surface area contributed by atoms with E-state index in [-0.39, 0.29) is 19.0 Å². The van der Waals surface area contributed by atoms with E-state index < -0.39 is 10.1 Å². The number of likely N-dealkylation sites (N-methyl/N-ethyl adjacent to an activating group) is 1. The molecule has 0 aliphatic rings. The molecule has 0 saturated carbocycles. The lowest BCUT2D eigenvalue weighted by atomic mass is 10.6. The van der Waals surface area contributed by atoms with E-state index in [0.717, 1.165) is 0 Å². The summed E-state index contributed by atoms with van der Waals surface area (Å²) in [5.74, 6) is 0.0325. The summed E-state index contributed by atoms with van der Waals surface area (Å²) in [7, 11) is 3.00. The molecule has 0 amide bonds. The number of nitrogens with zero attached hydrogens (tertiary/aromatic N) is 4. The Kier molecular flexibility index (Phi) is 5.44. The normalized spacial score (nSPS) is 10.7. The van der Waals surface area contributed by atoms with Crippen molar-refractivity contribution >= 4 is 5.96 Å². The molecule has 0 atom stereocenters. The largest absolute Gasteiger partial charge is 0.354 e. The van der Waals surface area contributed by atoms with Crippen LogP contribution in [0.2, 0.25) is 0 Å². The third kappa shape index (κ3) is 6.01. The van der Waals surface area contributed by atoms with Crippen molar-refractivity contribution in [1.29, 1.82) is 0 Å². The van der Waals surface area contributed by atoms with Gasteiger partial charge in [0.25, 0.3) is 5.96 Å². The van der Waals surface area contributed by atoms with Gasteiger partial charge in [0, 0.05) is 20.6 Å². The van der Waals surface area contributed by atoms with Crippen LogP contribution < -0.4 is 10.7 Å². The number of guanidine groups is 1. The van der Waals surface area contributed by atoms with Gasteiger partial charge in [-0.2, -0.15) is 0 Å². The van der Waals surface area contributed by atoms with Gasteiger partial charge >= 0.3 is 0 Å². The first-order valence-corrected chi connectivity index (χ1v) is 3.97. The molecular weight excluding hydrogens is 208 g/mol. The minimum atomic E-state index is -0.844. The van der Waals surface area contributed by atoms with Gasteiger partial charge in [-0.15, -0.1) is 5.43 Å². The average molecular weight is 220 g/mol. The Morgan fingerprint density at radius 2 is 2.07 bits per heavy atom. The van der Waals surface area contributed by atoms with Crippen LogP contribution in [0.1, 0.15) is 0 Å². The zero-order chi connectivity index (χ0) is 11.8. The maximum Gasteiger partial charge on any atom is 0.270 e. The molecule has 0 radical (unpaired) electrons. The quantitative estimate of drug-likeness (QED) is 0.249. The molecule has 0 aromatic carbocycles. The van der Waals surface area contributed by atoms with Crippen molar-refractivity contribution in [2.45, 2.75) is 0 Å². The molecule has 0 saturated heterocycles. The topological polar surface area (TPSA) is 126 Å². The first-order chi connectivity index (χ1) is 6.97. The number of hydrazone groups is 1. The number of nitrogens with one attached hydrogen (secondary N) is 2. The molecule has 0 unspecified atom stereocenters. The van der Waals surface area contributed by atoms with Gasteiger partial charge < -0.3 is 10.2 Å². The van der Waals surface area contributed by atoms with Crippen LogP contribution in [0, 0.1) is 20.2 Å². The Bertz CT molecular complexity index is 266. The Morgan fingerprint density at radius 3 is 2.47 bits per heavy atom. The van der Waals surface area contributed by atoms with Crippen LogP contribution in [0.3, 0.4) is 0 Å². The minimum absolute atomic E-state index is 0.0325. The predicted octanol–water partition coefficient (Wildman–Crippen LogP) is -1.53. The van der Waals surface area contributed by atoms with Gasteiger partial charge in [-0.3, -0.25) is 0 Å². The highest BCUT2D eigenvalue weighted by molar-refractivity contribution is 5.78. The molecule has 0 aromatic heterocycles. The lowest BCUT2D eigenvalue weighted by molar-refractivity contribution is -0.544. The molecule has 0 aliphatic carbocycles. The highest BCUT2D eigenvalue weighted by Gasteiger charge is 2.09. The monoisotopic (exact) mass is 220 g/mol. The van der Waals surface area contributed by atoms with E-state index >= 15 is 0 Å². The van der Waals surface area contributed by atoms with E-state index in [1.54, 1.807) is 0 Å². The maximum atomic E-state index is 10.1. The summed E-state index contributed by atoms with van der Waals surface area (Å²) in [6.07, 6.45) is 0. The lowest BCUT2D eigenvalue weighted by Crippen LogP contribution is -2.41. The summed E-state index contributed by atoms with van der Waals surface area (Å²) in [4.78, 5) is 21.4. The lowest BCUT2D eigenvalue weighted by Gasteiger charge is -2.16. The smallest absolute Gasteiger partial charge is 0.270 e. The van der Waals surface area contributed by atoms with Crippen molar-refractivity contribution in [1.82, 2.24) is 15.6 Å². The third-order valence-electron chi connectivity index (χ3n) is 1.45. The summed E-state index contributed by atoms with van der Waals surface area (Å²) in [5.41, 5.74) is 1.94. The van der Waals surface area contributed by atoms with Crippen LogP contribution >= 0.6 is 0 Å². The Labute approximate surface area is 85.2 Å². The maximum absolute atomic E-state index is 10.1. The molecule has 0 rings (SSSR count). The molecule has 15 heavy (non-hydrogen) atoms. The zero-order valence-corrected chi connectivity index (χ0v) is 8.34. The highest BCUT2D eigenvalue weighted by Crippen LogP contribution is 1.84. The van der Waals surface area contributed by atoms with Crippen LogP contribution in [0.15, 0.2) is 5.10 Å². The second-order valence-electron chi connectivity index (χ2n) is 2.50. The number of hydrogen-bond acceptors (Lipinski definition) is 4. The van der Waals surface area contributed by atoms with Gasteiger partial charge in [0.05, 0.1) is 6.54 Å².